The smallest absolute Gasteiger partial charge is 0.272 e. The minimum absolute atomic E-state index is 0.216. The molecule has 0 spiro atoms. The van der Waals surface area contributed by atoms with E-state index in [4.69, 9.17) is 4.74 Å². The van der Waals surface area contributed by atoms with E-state index < -0.39 is 0 Å². The maximum absolute atomic E-state index is 12.1. The number of nitrogens with zero attached hydrogens (tertiary/aromatic N) is 2. The summed E-state index contributed by atoms with van der Waals surface area (Å²) in [5.41, 5.74) is 2.53. The molecule has 0 radical (unpaired) electrons. The van der Waals surface area contributed by atoms with Gasteiger partial charge >= 0.3 is 0 Å². The predicted octanol–water partition coefficient (Wildman–Crippen LogP) is 2.90. The van der Waals surface area contributed by atoms with Gasteiger partial charge < -0.3 is 14.7 Å². The molecule has 0 fully saturated rings. The molecule has 2 heterocycles. The van der Waals surface area contributed by atoms with Crippen LogP contribution in [-0.2, 0) is 6.54 Å². The third-order valence-electron chi connectivity index (χ3n) is 4.68. The first kappa shape index (κ1) is 16.8. The minimum Gasteiger partial charge on any atom is -0.456 e. The molecule has 1 aromatic heterocycles. The van der Waals surface area contributed by atoms with Crippen LogP contribution in [0.5, 0.6) is 11.5 Å². The van der Waals surface area contributed by atoms with E-state index in [9.17, 15) is 9.90 Å². The van der Waals surface area contributed by atoms with Crippen molar-refractivity contribution in [2.75, 3.05) is 13.6 Å². The van der Waals surface area contributed by atoms with Crippen LogP contribution >= 0.6 is 0 Å². The van der Waals surface area contributed by atoms with Crippen LogP contribution in [0.4, 0.5) is 0 Å². The zero-order valence-corrected chi connectivity index (χ0v) is 14.8. The summed E-state index contributed by atoms with van der Waals surface area (Å²) in [5, 5.41) is 17.7. The Morgan fingerprint density at radius 1 is 1.27 bits per heavy atom. The Labute approximate surface area is 151 Å². The van der Waals surface area contributed by atoms with Crippen LogP contribution in [0.3, 0.4) is 0 Å². The summed E-state index contributed by atoms with van der Waals surface area (Å²) in [4.78, 5) is 14.2. The number of H-pyrrole nitrogens is 1. The third kappa shape index (κ3) is 2.98. The number of aromatic nitrogens is 2. The topological polar surface area (TPSA) is 78.5 Å². The first-order chi connectivity index (χ1) is 12.5. The predicted molar refractivity (Wildman–Crippen MR) is 101 cm³/mol. The Hall–Kier alpha value is -2.70. The number of aliphatic hydroxyl groups excluding tert-OH is 1. The quantitative estimate of drug-likeness (QED) is 0.578. The number of nitrogens with one attached hydrogen (secondary N) is 1. The summed E-state index contributed by atoms with van der Waals surface area (Å²) in [6, 6.07) is 11.5. The van der Waals surface area contributed by atoms with Gasteiger partial charge in [0.25, 0.3) is 5.56 Å². The molecule has 0 aliphatic carbocycles. The van der Waals surface area contributed by atoms with E-state index in [1.807, 2.05) is 31.3 Å². The van der Waals surface area contributed by atoms with Gasteiger partial charge in [-0.25, -0.2) is 5.10 Å². The molecular formula is C20H21N3O3. The van der Waals surface area contributed by atoms with Gasteiger partial charge in [-0.1, -0.05) is 12.1 Å². The minimum atomic E-state index is -0.301. The summed E-state index contributed by atoms with van der Waals surface area (Å²) >= 11 is 0. The fourth-order valence-electron chi connectivity index (χ4n) is 3.33. The number of ether oxygens (including phenoxy) is 1. The third-order valence-corrected chi connectivity index (χ3v) is 4.68. The molecule has 2 aromatic carbocycles. The molecule has 0 bridgehead atoms. The summed E-state index contributed by atoms with van der Waals surface area (Å²) in [7, 11) is 2.03. The lowest BCUT2D eigenvalue weighted by Crippen LogP contribution is -2.22. The molecule has 26 heavy (non-hydrogen) atoms. The van der Waals surface area contributed by atoms with Crippen molar-refractivity contribution in [1.82, 2.24) is 15.1 Å². The number of fused-ring (bicyclic) bond motifs is 2. The second-order valence-corrected chi connectivity index (χ2v) is 6.89. The van der Waals surface area contributed by atoms with Crippen LogP contribution in [0, 0.1) is 0 Å². The standard InChI is InChI=1S/C20H21N3O3/c1-12(24)8-9-23(2)11-13-6-7-16-15(10-13)19-18-14(20(25)22-21-19)4-3-5-17(18)26-16/h3-7,10,12,24H,8-9,11H2,1-2H3,(H,22,25). The van der Waals surface area contributed by atoms with Gasteiger partial charge in [0.2, 0.25) is 0 Å². The Morgan fingerprint density at radius 3 is 2.92 bits per heavy atom. The normalized spacial score (nSPS) is 13.5. The summed E-state index contributed by atoms with van der Waals surface area (Å²) in [5.74, 6) is 1.39. The molecular weight excluding hydrogens is 330 g/mol. The number of hydrogen-bond donors (Lipinski definition) is 2. The van der Waals surface area contributed by atoms with E-state index in [-0.39, 0.29) is 11.7 Å². The Kier molecular flexibility index (Phi) is 4.22. The van der Waals surface area contributed by atoms with Crippen molar-refractivity contribution >= 4 is 10.8 Å². The molecule has 4 rings (SSSR count). The molecule has 1 aliphatic rings. The number of aliphatic hydroxyl groups is 1. The zero-order valence-electron chi connectivity index (χ0n) is 14.8. The first-order valence-corrected chi connectivity index (χ1v) is 8.72. The van der Waals surface area contributed by atoms with Crippen LogP contribution in [0.25, 0.3) is 22.0 Å². The zero-order chi connectivity index (χ0) is 18.3. The van der Waals surface area contributed by atoms with Gasteiger partial charge in [-0.2, -0.15) is 5.10 Å². The number of rotatable bonds is 5. The van der Waals surface area contributed by atoms with Gasteiger partial charge in [-0.15, -0.1) is 0 Å². The van der Waals surface area contributed by atoms with Crippen molar-refractivity contribution in [3.8, 4) is 22.8 Å². The van der Waals surface area contributed by atoms with Crippen LogP contribution in [0.15, 0.2) is 41.2 Å². The van der Waals surface area contributed by atoms with Crippen molar-refractivity contribution in [3.05, 3.63) is 52.3 Å². The van der Waals surface area contributed by atoms with Gasteiger partial charge in [0.1, 0.15) is 17.2 Å². The lowest BCUT2D eigenvalue weighted by molar-refractivity contribution is 0.163. The number of hydrogen-bond acceptors (Lipinski definition) is 5. The van der Waals surface area contributed by atoms with Crippen molar-refractivity contribution in [2.24, 2.45) is 0 Å². The van der Waals surface area contributed by atoms with Crippen molar-refractivity contribution in [3.63, 3.8) is 0 Å². The molecule has 134 valence electrons. The van der Waals surface area contributed by atoms with E-state index in [0.717, 1.165) is 47.5 Å². The molecule has 6 heteroatoms. The molecule has 2 N–H and O–H groups in total. The van der Waals surface area contributed by atoms with Crippen LogP contribution < -0.4 is 10.3 Å². The lowest BCUT2D eigenvalue weighted by Gasteiger charge is -2.22. The Bertz CT molecular complexity index is 1030. The van der Waals surface area contributed by atoms with Gasteiger partial charge in [-0.05, 0) is 50.2 Å². The van der Waals surface area contributed by atoms with Crippen LogP contribution in [0.1, 0.15) is 18.9 Å². The van der Waals surface area contributed by atoms with Crippen molar-refractivity contribution in [2.45, 2.75) is 26.0 Å². The molecule has 0 amide bonds. The number of benzene rings is 2. The average Bonchev–Trinajstić information content (AvgIpc) is 2.62. The molecule has 1 aliphatic heterocycles. The Balaban J connectivity index is 1.72. The van der Waals surface area contributed by atoms with E-state index >= 15 is 0 Å². The summed E-state index contributed by atoms with van der Waals surface area (Å²) in [6.45, 7) is 3.37. The molecule has 6 nitrogen and oxygen atoms in total. The molecule has 0 saturated heterocycles. The highest BCUT2D eigenvalue weighted by atomic mass is 16.5. The van der Waals surface area contributed by atoms with Crippen molar-refractivity contribution < 1.29 is 9.84 Å². The summed E-state index contributed by atoms with van der Waals surface area (Å²) in [6.07, 6.45) is 0.435. The fourth-order valence-corrected chi connectivity index (χ4v) is 3.33. The van der Waals surface area contributed by atoms with Gasteiger partial charge in [0.05, 0.1) is 16.9 Å². The highest BCUT2D eigenvalue weighted by Crippen LogP contribution is 2.44. The first-order valence-electron chi connectivity index (χ1n) is 8.72. The second kappa shape index (κ2) is 6.55. The monoisotopic (exact) mass is 351 g/mol. The SMILES string of the molecule is CC(O)CCN(C)Cc1ccc2c(c1)-c1n[nH]c(=O)c3cccc(c13)O2. The lowest BCUT2D eigenvalue weighted by atomic mass is 9.99. The number of aromatic amines is 1. The molecule has 0 saturated carbocycles. The van der Waals surface area contributed by atoms with Gasteiger partial charge in [0, 0.05) is 18.7 Å². The Morgan fingerprint density at radius 2 is 2.12 bits per heavy atom. The fraction of sp³-hybridized carbons (Fsp3) is 0.300. The highest BCUT2D eigenvalue weighted by Gasteiger charge is 2.23. The molecule has 1 unspecified atom stereocenters. The van der Waals surface area contributed by atoms with Gasteiger partial charge in [0.15, 0.2) is 0 Å². The van der Waals surface area contributed by atoms with Crippen LogP contribution in [0.2, 0.25) is 0 Å². The van der Waals surface area contributed by atoms with E-state index in [2.05, 4.69) is 21.2 Å². The molecule has 1 atom stereocenters. The second-order valence-electron chi connectivity index (χ2n) is 6.89. The largest absolute Gasteiger partial charge is 0.456 e. The average molecular weight is 351 g/mol. The maximum Gasteiger partial charge on any atom is 0.272 e. The van der Waals surface area contributed by atoms with E-state index in [1.54, 1.807) is 13.0 Å². The van der Waals surface area contributed by atoms with Gasteiger partial charge in [-0.3, -0.25) is 4.79 Å². The maximum atomic E-state index is 12.1. The van der Waals surface area contributed by atoms with Crippen molar-refractivity contribution in [1.29, 1.82) is 0 Å². The van der Waals surface area contributed by atoms with Crippen LogP contribution in [-0.4, -0.2) is 39.9 Å². The molecule has 3 aromatic rings. The highest BCUT2D eigenvalue weighted by molar-refractivity contribution is 6.01. The summed E-state index contributed by atoms with van der Waals surface area (Å²) < 4.78 is 6.00. The van der Waals surface area contributed by atoms with E-state index in [0.29, 0.717) is 11.1 Å². The van der Waals surface area contributed by atoms with E-state index in [1.165, 1.54) is 0 Å².